The van der Waals surface area contributed by atoms with Gasteiger partial charge in [0.05, 0.1) is 7.11 Å². The Morgan fingerprint density at radius 1 is 1.45 bits per heavy atom. The van der Waals surface area contributed by atoms with Crippen molar-refractivity contribution in [3.05, 3.63) is 29.3 Å². The number of amides is 1. The summed E-state index contributed by atoms with van der Waals surface area (Å²) in [6, 6.07) is 5.99. The van der Waals surface area contributed by atoms with E-state index in [1.54, 1.807) is 7.11 Å². The number of hydrogen-bond acceptors (Lipinski definition) is 3. The van der Waals surface area contributed by atoms with Crippen LogP contribution in [0.3, 0.4) is 0 Å². The van der Waals surface area contributed by atoms with E-state index in [2.05, 4.69) is 5.32 Å². The summed E-state index contributed by atoms with van der Waals surface area (Å²) >= 11 is 0. The van der Waals surface area contributed by atoms with Crippen molar-refractivity contribution in [3.8, 4) is 5.75 Å². The molecule has 1 aromatic rings. The molecule has 1 unspecified atom stereocenters. The quantitative estimate of drug-likeness (QED) is 0.917. The summed E-state index contributed by atoms with van der Waals surface area (Å²) in [6.07, 6.45) is 3.37. The van der Waals surface area contributed by atoms with Gasteiger partial charge >= 0.3 is 0 Å². The highest BCUT2D eigenvalue weighted by molar-refractivity contribution is 5.95. The van der Waals surface area contributed by atoms with E-state index in [9.17, 15) is 4.79 Å². The van der Waals surface area contributed by atoms with Gasteiger partial charge in [0, 0.05) is 24.7 Å². The molecule has 0 bridgehead atoms. The van der Waals surface area contributed by atoms with E-state index in [0.29, 0.717) is 6.04 Å². The van der Waals surface area contributed by atoms with Gasteiger partial charge in [-0.15, -0.1) is 0 Å². The van der Waals surface area contributed by atoms with Gasteiger partial charge in [-0.2, -0.15) is 0 Å². The Labute approximate surface area is 121 Å². The molecule has 1 aliphatic heterocycles. The molecule has 2 rings (SSSR count). The summed E-state index contributed by atoms with van der Waals surface area (Å²) < 4.78 is 5.31. The molecule has 1 atom stereocenters. The molecule has 0 aromatic heterocycles. The van der Waals surface area contributed by atoms with E-state index in [-0.39, 0.29) is 5.91 Å². The third-order valence-electron chi connectivity index (χ3n) is 3.98. The number of ether oxygens (including phenoxy) is 1. The molecule has 110 valence electrons. The predicted octanol–water partition coefficient (Wildman–Crippen LogP) is 2.22. The van der Waals surface area contributed by atoms with Gasteiger partial charge in [0.15, 0.2) is 0 Å². The molecule has 1 N–H and O–H groups in total. The molecule has 0 saturated carbocycles. The van der Waals surface area contributed by atoms with Crippen LogP contribution >= 0.6 is 0 Å². The zero-order valence-electron chi connectivity index (χ0n) is 12.6. The molecule has 1 saturated heterocycles. The van der Waals surface area contributed by atoms with Gasteiger partial charge in [-0.3, -0.25) is 4.79 Å². The normalized spacial score (nSPS) is 18.9. The average molecular weight is 276 g/mol. The number of hydrogen-bond donors (Lipinski definition) is 1. The molecule has 0 spiro atoms. The first-order valence-corrected chi connectivity index (χ1v) is 7.27. The van der Waals surface area contributed by atoms with Gasteiger partial charge in [0.2, 0.25) is 0 Å². The van der Waals surface area contributed by atoms with Crippen LogP contribution in [0.5, 0.6) is 5.75 Å². The molecule has 0 aliphatic carbocycles. The van der Waals surface area contributed by atoms with E-state index in [1.165, 1.54) is 6.42 Å². The Kier molecular flexibility index (Phi) is 5.01. The molecule has 1 fully saturated rings. The Morgan fingerprint density at radius 3 is 2.95 bits per heavy atom. The van der Waals surface area contributed by atoms with Crippen molar-refractivity contribution in [3.63, 3.8) is 0 Å². The topological polar surface area (TPSA) is 41.6 Å². The standard InChI is InChI=1S/C16H24N2O2/c1-12-7-8-13(10-15(12)20-3)16(19)18-9-5-4-6-14(18)11-17-2/h7-8,10,14,17H,4-6,9,11H2,1-3H3. The van der Waals surface area contributed by atoms with E-state index in [4.69, 9.17) is 4.74 Å². The van der Waals surface area contributed by atoms with Crippen molar-refractivity contribution in [2.24, 2.45) is 0 Å². The highest BCUT2D eigenvalue weighted by Gasteiger charge is 2.27. The molecule has 1 amide bonds. The average Bonchev–Trinajstić information content (AvgIpc) is 2.48. The minimum Gasteiger partial charge on any atom is -0.496 e. The van der Waals surface area contributed by atoms with Gasteiger partial charge < -0.3 is 15.0 Å². The lowest BCUT2D eigenvalue weighted by Gasteiger charge is -2.36. The minimum absolute atomic E-state index is 0.114. The zero-order chi connectivity index (χ0) is 14.5. The molecule has 4 nitrogen and oxygen atoms in total. The van der Waals surface area contributed by atoms with E-state index < -0.39 is 0 Å². The highest BCUT2D eigenvalue weighted by Crippen LogP contribution is 2.23. The number of piperidine rings is 1. The summed E-state index contributed by atoms with van der Waals surface area (Å²) in [5, 5.41) is 3.19. The molecule has 0 radical (unpaired) electrons. The molecule has 4 heteroatoms. The van der Waals surface area contributed by atoms with Crippen LogP contribution in [0.4, 0.5) is 0 Å². The van der Waals surface area contributed by atoms with Crippen molar-refractivity contribution in [2.75, 3.05) is 27.2 Å². The maximum Gasteiger partial charge on any atom is 0.254 e. The van der Waals surface area contributed by atoms with Gasteiger partial charge in [-0.1, -0.05) is 6.07 Å². The summed E-state index contributed by atoms with van der Waals surface area (Å²) in [7, 11) is 3.58. The van der Waals surface area contributed by atoms with Crippen molar-refractivity contribution < 1.29 is 9.53 Å². The van der Waals surface area contributed by atoms with Gasteiger partial charge in [-0.25, -0.2) is 0 Å². The number of carbonyl (C=O) groups excluding carboxylic acids is 1. The summed E-state index contributed by atoms with van der Waals surface area (Å²) in [5.41, 5.74) is 1.77. The fourth-order valence-electron chi connectivity index (χ4n) is 2.83. The molecule has 1 heterocycles. The number of likely N-dealkylation sites (N-methyl/N-ethyl adjacent to an activating group) is 1. The number of nitrogens with zero attached hydrogens (tertiary/aromatic N) is 1. The van der Waals surface area contributed by atoms with Crippen LogP contribution in [0.25, 0.3) is 0 Å². The lowest BCUT2D eigenvalue weighted by atomic mass is 10.00. The third-order valence-corrected chi connectivity index (χ3v) is 3.98. The Hall–Kier alpha value is -1.55. The fourth-order valence-corrected chi connectivity index (χ4v) is 2.83. The van der Waals surface area contributed by atoms with Crippen LogP contribution in [-0.4, -0.2) is 44.1 Å². The first kappa shape index (κ1) is 14.9. The van der Waals surface area contributed by atoms with Crippen molar-refractivity contribution in [2.45, 2.75) is 32.2 Å². The van der Waals surface area contributed by atoms with E-state index in [0.717, 1.165) is 42.8 Å². The van der Waals surface area contributed by atoms with E-state index >= 15 is 0 Å². The monoisotopic (exact) mass is 276 g/mol. The zero-order valence-corrected chi connectivity index (χ0v) is 12.6. The lowest BCUT2D eigenvalue weighted by Crippen LogP contribution is -2.48. The second-order valence-electron chi connectivity index (χ2n) is 5.39. The van der Waals surface area contributed by atoms with Crippen molar-refractivity contribution in [1.29, 1.82) is 0 Å². The van der Waals surface area contributed by atoms with Gasteiger partial charge in [-0.05, 0) is 50.9 Å². The van der Waals surface area contributed by atoms with Crippen LogP contribution in [0.15, 0.2) is 18.2 Å². The molecule has 1 aromatic carbocycles. The maximum absolute atomic E-state index is 12.7. The smallest absolute Gasteiger partial charge is 0.254 e. The van der Waals surface area contributed by atoms with Crippen LogP contribution in [0.1, 0.15) is 35.2 Å². The third kappa shape index (κ3) is 3.12. The highest BCUT2D eigenvalue weighted by atomic mass is 16.5. The number of aryl methyl sites for hydroxylation is 1. The lowest BCUT2D eigenvalue weighted by molar-refractivity contribution is 0.0614. The Balaban J connectivity index is 2.20. The van der Waals surface area contributed by atoms with Crippen molar-refractivity contribution >= 4 is 5.91 Å². The van der Waals surface area contributed by atoms with Crippen molar-refractivity contribution in [1.82, 2.24) is 10.2 Å². The molecular formula is C16H24N2O2. The predicted molar refractivity (Wildman–Crippen MR) is 80.3 cm³/mol. The van der Waals surface area contributed by atoms with Gasteiger partial charge in [0.1, 0.15) is 5.75 Å². The Bertz CT molecular complexity index is 472. The Morgan fingerprint density at radius 2 is 2.25 bits per heavy atom. The minimum atomic E-state index is 0.114. The van der Waals surface area contributed by atoms with Crippen LogP contribution in [0.2, 0.25) is 0 Å². The van der Waals surface area contributed by atoms with E-state index in [1.807, 2.05) is 37.1 Å². The van der Waals surface area contributed by atoms with Gasteiger partial charge in [0.25, 0.3) is 5.91 Å². The second-order valence-corrected chi connectivity index (χ2v) is 5.39. The maximum atomic E-state index is 12.7. The number of carbonyl (C=O) groups is 1. The second kappa shape index (κ2) is 6.75. The summed E-state index contributed by atoms with van der Waals surface area (Å²) in [4.78, 5) is 14.7. The number of likely N-dealkylation sites (tertiary alicyclic amines) is 1. The van der Waals surface area contributed by atoms with Crippen LogP contribution < -0.4 is 10.1 Å². The number of methoxy groups -OCH3 is 1. The first-order chi connectivity index (χ1) is 9.67. The largest absolute Gasteiger partial charge is 0.496 e. The first-order valence-electron chi connectivity index (χ1n) is 7.27. The van der Waals surface area contributed by atoms with Crippen LogP contribution in [-0.2, 0) is 0 Å². The summed E-state index contributed by atoms with van der Waals surface area (Å²) in [5.74, 6) is 0.890. The van der Waals surface area contributed by atoms with Crippen LogP contribution in [0, 0.1) is 6.92 Å². The molecular weight excluding hydrogens is 252 g/mol. The number of nitrogens with one attached hydrogen (secondary N) is 1. The molecule has 1 aliphatic rings. The molecule has 20 heavy (non-hydrogen) atoms. The number of benzene rings is 1. The summed E-state index contributed by atoms with van der Waals surface area (Å²) in [6.45, 7) is 3.69. The fraction of sp³-hybridized carbons (Fsp3) is 0.562. The number of rotatable bonds is 4. The SMILES string of the molecule is CNCC1CCCCN1C(=O)c1ccc(C)c(OC)c1.